The van der Waals surface area contributed by atoms with E-state index in [0.717, 1.165) is 0 Å². The molecule has 0 rings (SSSR count). The minimum absolute atomic E-state index is 0.480. The van der Waals surface area contributed by atoms with Crippen LogP contribution in [0, 0.1) is 0 Å². The molecule has 0 unspecified atom stereocenters. The Morgan fingerprint density at radius 3 is 1.79 bits per heavy atom. The van der Waals surface area contributed by atoms with Gasteiger partial charge in [-0.1, -0.05) is 12.2 Å². The molecule has 0 saturated heterocycles. The molecule has 5 nitrogen and oxygen atoms in total. The first-order valence-electron chi connectivity index (χ1n) is 4.16. The summed E-state index contributed by atoms with van der Waals surface area (Å²) in [7, 11) is 0. The molecule has 0 atom stereocenters. The molecule has 0 aliphatic carbocycles. The van der Waals surface area contributed by atoms with Crippen LogP contribution in [-0.4, -0.2) is 18.5 Å². The Bertz CT molecular complexity index is 240. The molecular weight excluding hydrogens is 180 g/mol. The van der Waals surface area contributed by atoms with E-state index in [-0.39, 0.29) is 0 Å². The van der Waals surface area contributed by atoms with E-state index >= 15 is 0 Å². The van der Waals surface area contributed by atoms with Gasteiger partial charge in [-0.25, -0.2) is 15.6 Å². The van der Waals surface area contributed by atoms with Crippen LogP contribution in [0.3, 0.4) is 0 Å². The lowest BCUT2D eigenvalue weighted by Gasteiger charge is -1.94. The van der Waals surface area contributed by atoms with Gasteiger partial charge in [0.1, 0.15) is 0 Å². The molecule has 0 fully saturated rings. The first-order valence-corrected chi connectivity index (χ1v) is 4.16. The fourth-order valence-corrected chi connectivity index (χ4v) is 0.475. The summed E-state index contributed by atoms with van der Waals surface area (Å²) in [6, 6.07) is -0.480. The van der Waals surface area contributed by atoms with Crippen molar-refractivity contribution < 1.29 is 4.79 Å². The molecule has 2 N–H and O–H groups in total. The monoisotopic (exact) mass is 194 g/mol. The Hall–Kier alpha value is -1.91. The van der Waals surface area contributed by atoms with Gasteiger partial charge in [-0.2, -0.15) is 10.2 Å². The van der Waals surface area contributed by atoms with Crippen molar-refractivity contribution in [2.24, 2.45) is 10.2 Å². The van der Waals surface area contributed by atoms with Gasteiger partial charge in [-0.3, -0.25) is 0 Å². The van der Waals surface area contributed by atoms with E-state index in [1.807, 2.05) is 13.8 Å². The second kappa shape index (κ2) is 9.18. The van der Waals surface area contributed by atoms with Crippen LogP contribution in [-0.2, 0) is 0 Å². The van der Waals surface area contributed by atoms with E-state index in [0.29, 0.717) is 0 Å². The zero-order valence-corrected chi connectivity index (χ0v) is 8.27. The summed E-state index contributed by atoms with van der Waals surface area (Å²) >= 11 is 0. The predicted octanol–water partition coefficient (Wildman–Crippen LogP) is 1.41. The Balaban J connectivity index is 3.65. The summed E-state index contributed by atoms with van der Waals surface area (Å²) in [5.74, 6) is 0. The number of amides is 2. The Kier molecular flexibility index (Phi) is 7.93. The molecule has 0 aliphatic heterocycles. The third kappa shape index (κ3) is 8.19. The molecule has 0 radical (unpaired) electrons. The van der Waals surface area contributed by atoms with Crippen LogP contribution in [0.25, 0.3) is 0 Å². The normalized spacial score (nSPS) is 12.1. The Labute approximate surface area is 83.3 Å². The van der Waals surface area contributed by atoms with Gasteiger partial charge in [-0.05, 0) is 26.0 Å². The predicted molar refractivity (Wildman–Crippen MR) is 58.3 cm³/mol. The maximum Gasteiger partial charge on any atom is 0.355 e. The van der Waals surface area contributed by atoms with Crippen molar-refractivity contribution in [3.63, 3.8) is 0 Å². The molecule has 0 heterocycles. The lowest BCUT2D eigenvalue weighted by Crippen LogP contribution is -2.28. The average molecular weight is 194 g/mol. The fraction of sp³-hybridized carbons (Fsp3) is 0.222. The molecule has 0 aromatic carbocycles. The van der Waals surface area contributed by atoms with E-state index in [9.17, 15) is 4.79 Å². The quantitative estimate of drug-likeness (QED) is 0.515. The van der Waals surface area contributed by atoms with Gasteiger partial charge in [-0.15, -0.1) is 0 Å². The number of carbonyl (C=O) groups excluding carboxylic acids is 1. The van der Waals surface area contributed by atoms with Crippen LogP contribution in [0.5, 0.6) is 0 Å². The molecule has 2 amide bonds. The topological polar surface area (TPSA) is 65.8 Å². The number of hydrogen-bond donors (Lipinski definition) is 2. The zero-order valence-electron chi connectivity index (χ0n) is 8.27. The minimum atomic E-state index is -0.480. The van der Waals surface area contributed by atoms with Gasteiger partial charge in [0.15, 0.2) is 0 Å². The summed E-state index contributed by atoms with van der Waals surface area (Å²) in [5, 5.41) is 7.19. The first kappa shape index (κ1) is 12.1. The van der Waals surface area contributed by atoms with Gasteiger partial charge in [0.05, 0.1) is 0 Å². The van der Waals surface area contributed by atoms with E-state index in [1.165, 1.54) is 12.4 Å². The largest absolute Gasteiger partial charge is 0.355 e. The number of rotatable bonds is 4. The maximum absolute atomic E-state index is 10.9. The summed E-state index contributed by atoms with van der Waals surface area (Å²) < 4.78 is 0. The summed E-state index contributed by atoms with van der Waals surface area (Å²) in [6.45, 7) is 3.71. The number of carbonyl (C=O) groups is 1. The van der Waals surface area contributed by atoms with Gasteiger partial charge in [0, 0.05) is 12.4 Å². The lowest BCUT2D eigenvalue weighted by molar-refractivity contribution is 0.242. The Morgan fingerprint density at radius 1 is 1.00 bits per heavy atom. The van der Waals surface area contributed by atoms with Crippen LogP contribution in [0.15, 0.2) is 34.5 Å². The van der Waals surface area contributed by atoms with Crippen molar-refractivity contribution in [2.75, 3.05) is 0 Å². The molecule has 14 heavy (non-hydrogen) atoms. The minimum Gasteiger partial charge on any atom is -0.245 e. The summed E-state index contributed by atoms with van der Waals surface area (Å²) in [4.78, 5) is 10.9. The smallest absolute Gasteiger partial charge is 0.245 e. The van der Waals surface area contributed by atoms with Crippen LogP contribution >= 0.6 is 0 Å². The van der Waals surface area contributed by atoms with E-state index in [4.69, 9.17) is 0 Å². The highest BCUT2D eigenvalue weighted by atomic mass is 16.2. The number of urea groups is 1. The van der Waals surface area contributed by atoms with Crippen molar-refractivity contribution in [3.05, 3.63) is 24.3 Å². The number of nitrogens with one attached hydrogen (secondary N) is 2. The standard InChI is InChI=1S/C9H14N4O/c1-3-5-7-10-12-9(14)13-11-8-6-4-2/h3-8H,1-2H3,(H2,12,13,14)/b5-3-,6-4-,10-7-,11-8+. The molecule has 0 aromatic heterocycles. The average Bonchev–Trinajstić information content (AvgIpc) is 2.19. The van der Waals surface area contributed by atoms with Crippen LogP contribution in [0.1, 0.15) is 13.8 Å². The van der Waals surface area contributed by atoms with E-state index < -0.39 is 6.03 Å². The van der Waals surface area contributed by atoms with Crippen molar-refractivity contribution in [1.82, 2.24) is 10.9 Å². The van der Waals surface area contributed by atoms with E-state index in [2.05, 4.69) is 21.1 Å². The molecule has 0 bridgehead atoms. The number of hydrazone groups is 2. The molecule has 0 aliphatic rings. The molecule has 76 valence electrons. The molecule has 0 spiro atoms. The molecular formula is C9H14N4O. The molecule has 5 heteroatoms. The lowest BCUT2D eigenvalue weighted by atomic mass is 10.6. The molecule has 0 saturated carbocycles. The maximum atomic E-state index is 10.9. The van der Waals surface area contributed by atoms with Crippen molar-refractivity contribution in [1.29, 1.82) is 0 Å². The van der Waals surface area contributed by atoms with Gasteiger partial charge < -0.3 is 0 Å². The SMILES string of the molecule is C/C=C\C=N/NC(=O)N/N=C/C=C\C. The number of hydrogen-bond acceptors (Lipinski definition) is 3. The highest BCUT2D eigenvalue weighted by Gasteiger charge is 1.90. The fourth-order valence-electron chi connectivity index (χ4n) is 0.475. The highest BCUT2D eigenvalue weighted by molar-refractivity contribution is 5.78. The third-order valence-corrected chi connectivity index (χ3v) is 1.04. The van der Waals surface area contributed by atoms with Crippen LogP contribution < -0.4 is 10.9 Å². The van der Waals surface area contributed by atoms with Gasteiger partial charge in [0.25, 0.3) is 0 Å². The van der Waals surface area contributed by atoms with Gasteiger partial charge in [0.2, 0.25) is 0 Å². The highest BCUT2D eigenvalue weighted by Crippen LogP contribution is 1.68. The van der Waals surface area contributed by atoms with Crippen LogP contribution in [0.4, 0.5) is 4.79 Å². The van der Waals surface area contributed by atoms with Crippen molar-refractivity contribution in [2.45, 2.75) is 13.8 Å². The Morgan fingerprint density at radius 2 is 1.43 bits per heavy atom. The second-order valence-electron chi connectivity index (χ2n) is 2.16. The third-order valence-electron chi connectivity index (χ3n) is 1.04. The van der Waals surface area contributed by atoms with E-state index in [1.54, 1.807) is 24.3 Å². The summed E-state index contributed by atoms with van der Waals surface area (Å²) in [6.07, 6.45) is 9.93. The molecule has 0 aromatic rings. The van der Waals surface area contributed by atoms with Crippen LogP contribution in [0.2, 0.25) is 0 Å². The summed E-state index contributed by atoms with van der Waals surface area (Å²) in [5.41, 5.74) is 4.45. The first-order chi connectivity index (χ1) is 6.81. The zero-order chi connectivity index (χ0) is 10.6. The van der Waals surface area contributed by atoms with Crippen molar-refractivity contribution in [3.8, 4) is 0 Å². The second-order valence-corrected chi connectivity index (χ2v) is 2.16. The number of nitrogens with zero attached hydrogens (tertiary/aromatic N) is 2. The van der Waals surface area contributed by atoms with Gasteiger partial charge >= 0.3 is 6.03 Å². The van der Waals surface area contributed by atoms with Crippen molar-refractivity contribution >= 4 is 18.5 Å². The number of allylic oxidation sites excluding steroid dienone is 4.